The normalized spacial score (nSPS) is 14.9. The average molecular weight is 495 g/mol. The zero-order valence-corrected chi connectivity index (χ0v) is 19.9. The first-order valence-corrected chi connectivity index (χ1v) is 10.9. The molecule has 0 bridgehead atoms. The number of hydrogen-bond donors (Lipinski definition) is 1. The lowest BCUT2D eigenvalue weighted by molar-refractivity contribution is -0.120. The van der Waals surface area contributed by atoms with Crippen LogP contribution in [0.5, 0.6) is 0 Å². The minimum atomic E-state index is -1.19. The van der Waals surface area contributed by atoms with Gasteiger partial charge < -0.3 is 10.2 Å². The van der Waals surface area contributed by atoms with Crippen molar-refractivity contribution in [2.75, 3.05) is 9.80 Å². The number of carbonyl (C=O) groups is 2. The van der Waals surface area contributed by atoms with E-state index >= 15 is 0 Å². The van der Waals surface area contributed by atoms with E-state index in [4.69, 9.17) is 17.5 Å². The number of hydrogen-bond acceptors (Lipinski definition) is 5. The van der Waals surface area contributed by atoms with E-state index in [0.29, 0.717) is 11.4 Å². The lowest BCUT2D eigenvalue weighted by Gasteiger charge is -2.29. The van der Waals surface area contributed by atoms with Crippen molar-refractivity contribution in [2.45, 2.75) is 25.9 Å². The van der Waals surface area contributed by atoms with Crippen molar-refractivity contribution in [3.63, 3.8) is 0 Å². The molecule has 0 saturated carbocycles. The number of rotatable bonds is 5. The highest BCUT2D eigenvalue weighted by molar-refractivity contribution is 7.81. The molecular formula is C24H20F2N6O2S. The van der Waals surface area contributed by atoms with E-state index in [1.165, 1.54) is 44.9 Å². The molecule has 1 aliphatic rings. The van der Waals surface area contributed by atoms with Crippen LogP contribution >= 0.6 is 12.2 Å². The summed E-state index contributed by atoms with van der Waals surface area (Å²) in [6.07, 6.45) is 1.49. The van der Waals surface area contributed by atoms with E-state index in [0.717, 1.165) is 6.07 Å². The Kier molecular flexibility index (Phi) is 6.08. The number of nitrogens with zero attached hydrogens (tertiary/aromatic N) is 5. The Morgan fingerprint density at radius 1 is 1.14 bits per heavy atom. The maximum absolute atomic E-state index is 15.0. The molecule has 1 N–H and O–H groups in total. The minimum Gasteiger partial charge on any atom is -0.347 e. The summed E-state index contributed by atoms with van der Waals surface area (Å²) in [6.45, 7) is 3.20. The van der Waals surface area contributed by atoms with Gasteiger partial charge in [-0.25, -0.2) is 8.78 Å². The van der Waals surface area contributed by atoms with Crippen LogP contribution in [0.4, 0.5) is 20.2 Å². The second-order valence-electron chi connectivity index (χ2n) is 8.39. The maximum atomic E-state index is 15.0. The number of nitriles is 1. The third-order valence-corrected chi connectivity index (χ3v) is 6.15. The van der Waals surface area contributed by atoms with E-state index in [2.05, 4.69) is 10.4 Å². The van der Waals surface area contributed by atoms with Crippen LogP contribution in [0.15, 0.2) is 48.7 Å². The van der Waals surface area contributed by atoms with Gasteiger partial charge in [0.05, 0.1) is 11.3 Å². The zero-order chi connectivity index (χ0) is 25.5. The highest BCUT2D eigenvalue weighted by Crippen LogP contribution is 2.37. The molecule has 0 unspecified atom stereocenters. The molecule has 8 nitrogen and oxygen atoms in total. The number of anilines is 2. The molecule has 0 radical (unpaired) electrons. The number of benzene rings is 2. The topological polar surface area (TPSA) is 94.3 Å². The Morgan fingerprint density at radius 3 is 2.43 bits per heavy atom. The Morgan fingerprint density at radius 2 is 1.83 bits per heavy atom. The summed E-state index contributed by atoms with van der Waals surface area (Å²) in [5.74, 6) is -2.20. The van der Waals surface area contributed by atoms with E-state index in [1.54, 1.807) is 39.1 Å². The van der Waals surface area contributed by atoms with Crippen molar-refractivity contribution in [1.82, 2.24) is 15.1 Å². The number of aryl methyl sites for hydroxylation is 1. The second kappa shape index (κ2) is 8.88. The number of nitrogens with one attached hydrogen (secondary N) is 1. The van der Waals surface area contributed by atoms with Crippen LogP contribution in [-0.2, 0) is 18.4 Å². The van der Waals surface area contributed by atoms with Gasteiger partial charge in [-0.3, -0.25) is 19.2 Å². The molecule has 2 amide bonds. The van der Waals surface area contributed by atoms with Crippen LogP contribution in [0.3, 0.4) is 0 Å². The standard InChI is InChI=1S/C24H20F2N6O2S/c1-24(2)22(34)31(16-6-4-14(12-27)18(25)10-16)23(35)32(24)17-7-5-15(19(26)11-17)13-28-21(33)20-8-9-29-30(20)3/h4-11H,13H2,1-3H3,(H,28,33). The largest absolute Gasteiger partial charge is 0.347 e. The molecule has 0 aliphatic carbocycles. The Balaban J connectivity index is 1.59. The summed E-state index contributed by atoms with van der Waals surface area (Å²) in [7, 11) is 1.63. The first-order chi connectivity index (χ1) is 16.6. The fourth-order valence-corrected chi connectivity index (χ4v) is 4.39. The smallest absolute Gasteiger partial charge is 0.269 e. The Bertz CT molecular complexity index is 1410. The van der Waals surface area contributed by atoms with E-state index in [1.807, 2.05) is 0 Å². The molecule has 11 heteroatoms. The lowest BCUT2D eigenvalue weighted by atomic mass is 10.0. The van der Waals surface area contributed by atoms with Gasteiger partial charge in [-0.1, -0.05) is 6.07 Å². The number of halogens is 2. The molecule has 0 atom stereocenters. The Labute approximate surface area is 205 Å². The summed E-state index contributed by atoms with van der Waals surface area (Å²) >= 11 is 5.53. The van der Waals surface area contributed by atoms with Crippen LogP contribution in [0.1, 0.15) is 35.5 Å². The van der Waals surface area contributed by atoms with Crippen LogP contribution in [0.25, 0.3) is 0 Å². The summed E-state index contributed by atoms with van der Waals surface area (Å²) in [5, 5.41) is 15.6. The van der Waals surface area contributed by atoms with E-state index in [9.17, 15) is 18.4 Å². The molecule has 1 fully saturated rings. The molecule has 4 rings (SSSR count). The highest BCUT2D eigenvalue weighted by Gasteiger charge is 2.50. The van der Waals surface area contributed by atoms with Crippen LogP contribution < -0.4 is 15.1 Å². The molecule has 2 aromatic carbocycles. The van der Waals surface area contributed by atoms with Gasteiger partial charge in [0.2, 0.25) is 0 Å². The molecule has 35 heavy (non-hydrogen) atoms. The lowest BCUT2D eigenvalue weighted by Crippen LogP contribution is -2.44. The quantitative estimate of drug-likeness (QED) is 0.547. The van der Waals surface area contributed by atoms with Gasteiger partial charge in [-0.2, -0.15) is 10.4 Å². The first-order valence-electron chi connectivity index (χ1n) is 10.5. The van der Waals surface area contributed by atoms with Gasteiger partial charge in [-0.05, 0) is 62.5 Å². The van der Waals surface area contributed by atoms with Gasteiger partial charge in [0.1, 0.15) is 28.9 Å². The van der Waals surface area contributed by atoms with Gasteiger partial charge in [0.25, 0.3) is 11.8 Å². The molecule has 0 spiro atoms. The zero-order valence-electron chi connectivity index (χ0n) is 19.0. The predicted molar refractivity (Wildman–Crippen MR) is 129 cm³/mol. The monoisotopic (exact) mass is 494 g/mol. The van der Waals surface area contributed by atoms with Gasteiger partial charge in [0, 0.05) is 31.0 Å². The van der Waals surface area contributed by atoms with Gasteiger partial charge >= 0.3 is 0 Å². The highest BCUT2D eigenvalue weighted by atomic mass is 32.1. The summed E-state index contributed by atoms with van der Waals surface area (Å²) in [6, 6.07) is 11.4. The molecule has 1 aromatic heterocycles. The molecule has 3 aromatic rings. The number of carbonyl (C=O) groups excluding carboxylic acids is 2. The van der Waals surface area contributed by atoms with Crippen molar-refractivity contribution in [3.8, 4) is 6.07 Å². The van der Waals surface area contributed by atoms with Crippen molar-refractivity contribution < 1.29 is 18.4 Å². The van der Waals surface area contributed by atoms with E-state index in [-0.39, 0.29) is 28.5 Å². The predicted octanol–water partition coefficient (Wildman–Crippen LogP) is 3.42. The second-order valence-corrected chi connectivity index (χ2v) is 8.76. The molecule has 2 heterocycles. The number of aromatic nitrogens is 2. The fraction of sp³-hybridized carbons (Fsp3) is 0.208. The van der Waals surface area contributed by atoms with Gasteiger partial charge in [0.15, 0.2) is 5.11 Å². The maximum Gasteiger partial charge on any atom is 0.269 e. The van der Waals surface area contributed by atoms with Crippen molar-refractivity contribution in [3.05, 3.63) is 77.1 Å². The van der Waals surface area contributed by atoms with Gasteiger partial charge in [-0.15, -0.1) is 0 Å². The first kappa shape index (κ1) is 24.0. The van der Waals surface area contributed by atoms with Crippen molar-refractivity contribution in [1.29, 1.82) is 5.26 Å². The third-order valence-electron chi connectivity index (χ3n) is 5.79. The van der Waals surface area contributed by atoms with E-state index < -0.39 is 29.0 Å². The molecular weight excluding hydrogens is 474 g/mol. The third kappa shape index (κ3) is 4.13. The fourth-order valence-electron chi connectivity index (χ4n) is 3.87. The van der Waals surface area contributed by atoms with Crippen LogP contribution in [0, 0.1) is 23.0 Å². The van der Waals surface area contributed by atoms with Crippen LogP contribution in [0.2, 0.25) is 0 Å². The summed E-state index contributed by atoms with van der Waals surface area (Å²) in [5.41, 5.74) is -0.279. The summed E-state index contributed by atoms with van der Waals surface area (Å²) in [4.78, 5) is 28.2. The van der Waals surface area contributed by atoms with Crippen molar-refractivity contribution >= 4 is 40.5 Å². The summed E-state index contributed by atoms with van der Waals surface area (Å²) < 4.78 is 30.6. The molecule has 178 valence electrons. The minimum absolute atomic E-state index is 0.0424. The number of amides is 2. The number of thiocarbonyl (C=S) groups is 1. The average Bonchev–Trinajstić information content (AvgIpc) is 3.31. The van der Waals surface area contributed by atoms with Crippen molar-refractivity contribution in [2.24, 2.45) is 7.05 Å². The molecule has 1 aliphatic heterocycles. The SMILES string of the molecule is Cn1nccc1C(=O)NCc1ccc(N2C(=S)N(c3ccc(C#N)c(F)c3)C(=O)C2(C)C)cc1F. The molecule has 1 saturated heterocycles. The Hall–Kier alpha value is -4.17. The van der Waals surface area contributed by atoms with Crippen LogP contribution in [-0.4, -0.2) is 32.2 Å².